The number of pyridine rings is 1. The van der Waals surface area contributed by atoms with Crippen molar-refractivity contribution < 1.29 is 19.1 Å². The third kappa shape index (κ3) is 8.01. The lowest BCUT2D eigenvalue weighted by Crippen LogP contribution is -2.41. The maximum absolute atomic E-state index is 13.0. The summed E-state index contributed by atoms with van der Waals surface area (Å²) >= 11 is 3.14. The molecule has 2 amide bonds. The van der Waals surface area contributed by atoms with Gasteiger partial charge in [-0.3, -0.25) is 9.78 Å². The van der Waals surface area contributed by atoms with E-state index in [1.54, 1.807) is 35.7 Å². The summed E-state index contributed by atoms with van der Waals surface area (Å²) in [5.74, 6) is -0.0718. The van der Waals surface area contributed by atoms with Gasteiger partial charge in [0.1, 0.15) is 15.6 Å². The molecule has 1 aliphatic heterocycles. The third-order valence-electron chi connectivity index (χ3n) is 7.00. The summed E-state index contributed by atoms with van der Waals surface area (Å²) in [6, 6.07) is 10.1. The fraction of sp³-hybridized carbons (Fsp3) is 0.455. The molecule has 0 saturated heterocycles. The molecule has 44 heavy (non-hydrogen) atoms. The van der Waals surface area contributed by atoms with E-state index < -0.39 is 5.60 Å². The van der Waals surface area contributed by atoms with Crippen LogP contribution in [0, 0.1) is 0 Å². The van der Waals surface area contributed by atoms with Gasteiger partial charge in [-0.25, -0.2) is 9.78 Å². The summed E-state index contributed by atoms with van der Waals surface area (Å²) in [5, 5.41) is 8.03. The van der Waals surface area contributed by atoms with Gasteiger partial charge in [0.25, 0.3) is 0 Å². The molecular weight excluding hydrogens is 595 g/mol. The van der Waals surface area contributed by atoms with Crippen LogP contribution in [0.2, 0.25) is 0 Å². The molecular formula is C33H43N5O4S2. The second-order valence-electron chi connectivity index (χ2n) is 11.2. The van der Waals surface area contributed by atoms with Gasteiger partial charge in [0.2, 0.25) is 5.91 Å². The minimum atomic E-state index is -0.579. The number of amides is 2. The Balaban J connectivity index is 0.00000216. The third-order valence-corrected chi connectivity index (χ3v) is 9.37. The first-order valence-corrected chi connectivity index (χ1v) is 16.7. The van der Waals surface area contributed by atoms with Crippen LogP contribution >= 0.6 is 22.7 Å². The smallest absolute Gasteiger partial charge is 0.410 e. The fourth-order valence-corrected chi connectivity index (χ4v) is 7.39. The van der Waals surface area contributed by atoms with E-state index in [4.69, 9.17) is 14.5 Å². The molecule has 9 nitrogen and oxygen atoms in total. The number of hydrogen-bond donors (Lipinski definition) is 2. The zero-order valence-electron chi connectivity index (χ0n) is 26.7. The number of hydrogen-bond acceptors (Lipinski definition) is 9. The molecule has 0 fully saturated rings. The molecule has 11 heteroatoms. The van der Waals surface area contributed by atoms with Gasteiger partial charge in [-0.05, 0) is 75.1 Å². The highest BCUT2D eigenvalue weighted by Gasteiger charge is 2.36. The number of carbonyl (C=O) groups is 2. The van der Waals surface area contributed by atoms with Crippen molar-refractivity contribution in [3.63, 3.8) is 0 Å². The van der Waals surface area contributed by atoms with Crippen molar-refractivity contribution in [1.82, 2.24) is 20.2 Å². The second kappa shape index (κ2) is 15.1. The predicted octanol–water partition coefficient (Wildman–Crippen LogP) is 7.53. The molecule has 4 heterocycles. The molecule has 0 aliphatic carbocycles. The van der Waals surface area contributed by atoms with Crippen molar-refractivity contribution in [3.05, 3.63) is 53.2 Å². The normalized spacial score (nSPS) is 14.5. The molecule has 0 bridgehead atoms. The van der Waals surface area contributed by atoms with Gasteiger partial charge in [0, 0.05) is 56.0 Å². The Bertz CT molecular complexity index is 1560. The van der Waals surface area contributed by atoms with E-state index in [2.05, 4.69) is 33.8 Å². The Morgan fingerprint density at radius 2 is 1.82 bits per heavy atom. The van der Waals surface area contributed by atoms with E-state index in [1.165, 1.54) is 11.3 Å². The molecule has 1 atom stereocenters. The number of benzene rings is 1. The van der Waals surface area contributed by atoms with Crippen molar-refractivity contribution in [3.8, 4) is 21.7 Å². The molecule has 0 radical (unpaired) electrons. The average Bonchev–Trinajstić information content (AvgIpc) is 3.58. The van der Waals surface area contributed by atoms with Crippen molar-refractivity contribution in [2.45, 2.75) is 66.0 Å². The van der Waals surface area contributed by atoms with Crippen molar-refractivity contribution in [1.29, 1.82) is 0 Å². The summed E-state index contributed by atoms with van der Waals surface area (Å²) in [6.45, 7) is 14.0. The van der Waals surface area contributed by atoms with Gasteiger partial charge < -0.3 is 25.0 Å². The summed E-state index contributed by atoms with van der Waals surface area (Å²) in [4.78, 5) is 38.1. The summed E-state index contributed by atoms with van der Waals surface area (Å²) in [6.07, 6.45) is 4.23. The fourth-order valence-electron chi connectivity index (χ4n) is 4.97. The highest BCUT2D eigenvalue weighted by atomic mass is 32.1. The van der Waals surface area contributed by atoms with Gasteiger partial charge in [-0.1, -0.05) is 19.9 Å². The summed E-state index contributed by atoms with van der Waals surface area (Å²) in [5.41, 5.74) is 4.57. The van der Waals surface area contributed by atoms with Crippen LogP contribution in [0.25, 0.3) is 31.9 Å². The Morgan fingerprint density at radius 3 is 2.52 bits per heavy atom. The molecule has 1 aromatic carbocycles. The minimum absolute atomic E-state index is 0.0718. The highest BCUT2D eigenvalue weighted by Crippen LogP contribution is 2.49. The van der Waals surface area contributed by atoms with Crippen LogP contribution in [-0.2, 0) is 20.7 Å². The number of nitrogens with one attached hydrogen (secondary N) is 2. The summed E-state index contributed by atoms with van der Waals surface area (Å²) in [7, 11) is 1.65. The highest BCUT2D eigenvalue weighted by molar-refractivity contribution is 7.23. The standard InChI is InChI=1S/C31H37N5O4S2.C2H6/c1-19-27-22(11-16-36(19)30(38)40-31(2,3)4)26(29(42-27)35-25(37)10-14-33-15-17-39-5)28-34-23-18-21(6-7-24(23)41-28)20-8-12-32-13-9-20;1-2/h6-9,12-13,18-19,33H,10-11,14-17H2,1-5H3,(H,35,37);1-2H3. The Morgan fingerprint density at radius 1 is 1.07 bits per heavy atom. The van der Waals surface area contributed by atoms with Crippen molar-refractivity contribution >= 4 is 49.9 Å². The molecule has 236 valence electrons. The zero-order valence-corrected chi connectivity index (χ0v) is 28.3. The lowest BCUT2D eigenvalue weighted by atomic mass is 9.98. The van der Waals surface area contributed by atoms with Gasteiger partial charge in [0.05, 0.1) is 22.9 Å². The van der Waals surface area contributed by atoms with Crippen LogP contribution in [0.3, 0.4) is 0 Å². The molecule has 5 rings (SSSR count). The molecule has 3 aromatic heterocycles. The molecule has 1 unspecified atom stereocenters. The number of nitrogens with zero attached hydrogens (tertiary/aromatic N) is 3. The Kier molecular flexibility index (Phi) is 11.5. The van der Waals surface area contributed by atoms with Gasteiger partial charge >= 0.3 is 6.09 Å². The predicted molar refractivity (Wildman–Crippen MR) is 181 cm³/mol. The van der Waals surface area contributed by atoms with E-state index in [0.29, 0.717) is 39.1 Å². The van der Waals surface area contributed by atoms with Crippen LogP contribution in [0.4, 0.5) is 9.80 Å². The van der Waals surface area contributed by atoms with E-state index in [9.17, 15) is 9.59 Å². The Hall–Kier alpha value is -3.38. The molecule has 1 aliphatic rings. The number of carbonyl (C=O) groups excluding carboxylic acids is 2. The van der Waals surface area contributed by atoms with Crippen LogP contribution in [0.15, 0.2) is 42.7 Å². The number of fused-ring (bicyclic) bond motifs is 2. The van der Waals surface area contributed by atoms with Gasteiger partial charge in [-0.2, -0.15) is 0 Å². The second-order valence-corrected chi connectivity index (χ2v) is 13.3. The number of methoxy groups -OCH3 is 1. The van der Waals surface area contributed by atoms with Crippen molar-refractivity contribution in [2.24, 2.45) is 0 Å². The van der Waals surface area contributed by atoms with Crippen LogP contribution in [-0.4, -0.2) is 65.8 Å². The average molecular weight is 638 g/mol. The lowest BCUT2D eigenvalue weighted by Gasteiger charge is -2.35. The van der Waals surface area contributed by atoms with E-state index >= 15 is 0 Å². The number of aromatic nitrogens is 2. The first-order valence-electron chi connectivity index (χ1n) is 15.1. The molecule has 4 aromatic rings. The zero-order chi connectivity index (χ0) is 31.9. The summed E-state index contributed by atoms with van der Waals surface area (Å²) < 4.78 is 11.8. The first-order chi connectivity index (χ1) is 21.1. The quantitative estimate of drug-likeness (QED) is 0.183. The van der Waals surface area contributed by atoms with Crippen LogP contribution in [0.5, 0.6) is 0 Å². The number of anilines is 1. The molecule has 0 saturated carbocycles. The maximum atomic E-state index is 13.0. The Labute approximate surface area is 268 Å². The van der Waals surface area contributed by atoms with Crippen LogP contribution in [0.1, 0.15) is 64.4 Å². The maximum Gasteiger partial charge on any atom is 0.410 e. The van der Waals surface area contributed by atoms with Crippen LogP contribution < -0.4 is 10.6 Å². The number of thiophene rings is 1. The van der Waals surface area contributed by atoms with Gasteiger partial charge in [0.15, 0.2) is 0 Å². The largest absolute Gasteiger partial charge is 0.444 e. The van der Waals surface area contributed by atoms with E-state index in [1.807, 2.05) is 53.7 Å². The monoisotopic (exact) mass is 637 g/mol. The number of ether oxygens (including phenoxy) is 2. The molecule has 0 spiro atoms. The minimum Gasteiger partial charge on any atom is -0.444 e. The molecule has 2 N–H and O–H groups in total. The van der Waals surface area contributed by atoms with Crippen molar-refractivity contribution in [2.75, 3.05) is 38.7 Å². The lowest BCUT2D eigenvalue weighted by molar-refractivity contribution is -0.116. The number of thiazole rings is 1. The van der Waals surface area contributed by atoms with Gasteiger partial charge in [-0.15, -0.1) is 22.7 Å². The first kappa shape index (κ1) is 33.5. The van der Waals surface area contributed by atoms with E-state index in [0.717, 1.165) is 47.4 Å². The number of rotatable bonds is 9. The van der Waals surface area contributed by atoms with E-state index in [-0.39, 0.29) is 18.0 Å². The topological polar surface area (TPSA) is 106 Å². The SMILES string of the molecule is CC.COCCNCCC(=O)Nc1sc2c(c1-c1nc3cc(-c4ccncc4)ccc3s1)CCN(C(=O)OC(C)(C)C)C2C.